The van der Waals surface area contributed by atoms with Gasteiger partial charge in [0.15, 0.2) is 16.7 Å². The molecular weight excluding hydrogens is 468 g/mol. The second kappa shape index (κ2) is 9.50. The van der Waals surface area contributed by atoms with Gasteiger partial charge < -0.3 is 14.3 Å². The number of carbonyl (C=O) groups excluding carboxylic acids is 3. The van der Waals surface area contributed by atoms with Gasteiger partial charge in [-0.25, -0.2) is 9.78 Å². The van der Waals surface area contributed by atoms with Gasteiger partial charge in [-0.15, -0.1) is 0 Å². The van der Waals surface area contributed by atoms with Crippen LogP contribution in [0.1, 0.15) is 75.5 Å². The third kappa shape index (κ3) is 4.39. The molecule has 3 aromatic rings. The molecule has 3 heterocycles. The lowest BCUT2D eigenvalue weighted by Crippen LogP contribution is -2.31. The average Bonchev–Trinajstić information content (AvgIpc) is 3.50. The summed E-state index contributed by atoms with van der Waals surface area (Å²) < 4.78 is 10.6. The van der Waals surface area contributed by atoms with Gasteiger partial charge in [-0.3, -0.25) is 14.5 Å². The van der Waals surface area contributed by atoms with Gasteiger partial charge in [0, 0.05) is 0 Å². The number of hydrogen-bond acceptors (Lipinski definition) is 8. The predicted octanol–water partition coefficient (Wildman–Crippen LogP) is 5.44. The van der Waals surface area contributed by atoms with Crippen LogP contribution in [0.4, 0.5) is 5.13 Å². The molecule has 1 atom stereocenters. The molecule has 35 heavy (non-hydrogen) atoms. The summed E-state index contributed by atoms with van der Waals surface area (Å²) >= 11 is 0.978. The highest BCUT2D eigenvalue weighted by Gasteiger charge is 2.46. The minimum atomic E-state index is -0.956. The number of amides is 1. The highest BCUT2D eigenvalue weighted by Crippen LogP contribution is 2.44. The van der Waals surface area contributed by atoms with E-state index in [2.05, 4.69) is 18.8 Å². The van der Waals surface area contributed by atoms with Crippen molar-refractivity contribution < 1.29 is 28.6 Å². The fraction of sp³-hybridized carbons (Fsp3) is 0.308. The van der Waals surface area contributed by atoms with E-state index in [0.717, 1.165) is 16.9 Å². The third-order valence-corrected chi connectivity index (χ3v) is 6.92. The summed E-state index contributed by atoms with van der Waals surface area (Å²) in [6, 6.07) is 9.70. The number of aliphatic hydroxyl groups is 1. The van der Waals surface area contributed by atoms with Crippen molar-refractivity contribution >= 4 is 34.1 Å². The Kier molecular flexibility index (Phi) is 6.62. The number of Topliss-reactive ketones (excluding diaryl/α,β-unsaturated/α-hetero) is 1. The molecule has 182 valence electrons. The molecule has 1 aliphatic rings. The Bertz CT molecular complexity index is 1330. The minimum Gasteiger partial charge on any atom is -0.503 e. The fourth-order valence-corrected chi connectivity index (χ4v) is 4.96. The number of hydrogen-bond donors (Lipinski definition) is 1. The maximum Gasteiger partial charge on any atom is 0.350 e. The Morgan fingerprint density at radius 2 is 1.86 bits per heavy atom. The molecule has 0 aliphatic carbocycles. The van der Waals surface area contributed by atoms with Gasteiger partial charge >= 0.3 is 5.97 Å². The molecule has 2 aromatic heterocycles. The van der Waals surface area contributed by atoms with Crippen LogP contribution in [-0.4, -0.2) is 34.4 Å². The lowest BCUT2D eigenvalue weighted by Gasteiger charge is -2.24. The van der Waals surface area contributed by atoms with Gasteiger partial charge in [-0.2, -0.15) is 0 Å². The van der Waals surface area contributed by atoms with Crippen LogP contribution in [0.25, 0.3) is 0 Å². The Morgan fingerprint density at radius 3 is 2.43 bits per heavy atom. The highest BCUT2D eigenvalue weighted by atomic mass is 32.1. The van der Waals surface area contributed by atoms with Gasteiger partial charge in [0.2, 0.25) is 5.78 Å². The topological polar surface area (TPSA) is 110 Å². The van der Waals surface area contributed by atoms with Crippen LogP contribution in [0.3, 0.4) is 0 Å². The van der Waals surface area contributed by atoms with Crippen molar-refractivity contribution in [2.75, 3.05) is 11.5 Å². The van der Waals surface area contributed by atoms with Crippen LogP contribution in [0.2, 0.25) is 0 Å². The van der Waals surface area contributed by atoms with Crippen LogP contribution in [0, 0.1) is 13.8 Å². The first-order valence-corrected chi connectivity index (χ1v) is 12.1. The molecule has 1 N–H and O–H groups in total. The van der Waals surface area contributed by atoms with Crippen molar-refractivity contribution in [2.24, 2.45) is 0 Å². The molecule has 1 aliphatic heterocycles. The van der Waals surface area contributed by atoms with Gasteiger partial charge in [0.25, 0.3) is 5.91 Å². The normalized spacial score (nSPS) is 15.9. The van der Waals surface area contributed by atoms with Gasteiger partial charge in [-0.05, 0) is 49.9 Å². The number of thiazole rings is 1. The van der Waals surface area contributed by atoms with E-state index in [1.165, 1.54) is 11.0 Å². The summed E-state index contributed by atoms with van der Waals surface area (Å²) in [4.78, 5) is 45.1. The molecule has 4 rings (SSSR count). The van der Waals surface area contributed by atoms with Crippen LogP contribution in [0.15, 0.2) is 52.1 Å². The molecule has 0 saturated carbocycles. The largest absolute Gasteiger partial charge is 0.503 e. The van der Waals surface area contributed by atoms with E-state index in [1.54, 1.807) is 26.8 Å². The van der Waals surface area contributed by atoms with Gasteiger partial charge in [0.05, 0.1) is 23.9 Å². The molecule has 0 saturated heterocycles. The van der Waals surface area contributed by atoms with Crippen LogP contribution in [-0.2, 0) is 9.53 Å². The van der Waals surface area contributed by atoms with E-state index in [0.29, 0.717) is 17.0 Å². The molecule has 1 amide bonds. The number of carbonyl (C=O) groups is 3. The number of ketones is 1. The number of aromatic nitrogens is 1. The molecule has 0 radical (unpaired) electrons. The van der Waals surface area contributed by atoms with Gasteiger partial charge in [0.1, 0.15) is 10.6 Å². The summed E-state index contributed by atoms with van der Waals surface area (Å²) in [7, 11) is 0. The van der Waals surface area contributed by atoms with Gasteiger partial charge in [-0.1, -0.05) is 49.4 Å². The number of nitrogens with zero attached hydrogens (tertiary/aromatic N) is 2. The summed E-state index contributed by atoms with van der Waals surface area (Å²) in [6.45, 7) is 9.37. The van der Waals surface area contributed by atoms with E-state index in [1.807, 2.05) is 24.3 Å². The Balaban J connectivity index is 1.85. The number of rotatable bonds is 7. The van der Waals surface area contributed by atoms with Crippen molar-refractivity contribution in [3.8, 4) is 0 Å². The van der Waals surface area contributed by atoms with E-state index < -0.39 is 29.5 Å². The van der Waals surface area contributed by atoms with Crippen molar-refractivity contribution in [1.82, 2.24) is 4.98 Å². The third-order valence-electron chi connectivity index (χ3n) is 5.79. The zero-order chi connectivity index (χ0) is 25.4. The molecule has 0 unspecified atom stereocenters. The number of furan rings is 1. The smallest absolute Gasteiger partial charge is 0.350 e. The minimum absolute atomic E-state index is 0.0185. The lowest BCUT2D eigenvalue weighted by molar-refractivity contribution is -0.117. The molecule has 9 heteroatoms. The fourth-order valence-electron chi connectivity index (χ4n) is 3.97. The van der Waals surface area contributed by atoms with Crippen LogP contribution < -0.4 is 4.90 Å². The summed E-state index contributed by atoms with van der Waals surface area (Å²) in [5.74, 6) is -1.75. The monoisotopic (exact) mass is 494 g/mol. The number of anilines is 1. The first-order valence-electron chi connectivity index (χ1n) is 11.3. The number of ether oxygens (including phenoxy) is 1. The molecule has 0 spiro atoms. The maximum atomic E-state index is 13.4. The van der Waals surface area contributed by atoms with Crippen molar-refractivity contribution in [1.29, 1.82) is 0 Å². The van der Waals surface area contributed by atoms with E-state index in [-0.39, 0.29) is 33.9 Å². The maximum absolute atomic E-state index is 13.4. The second-order valence-corrected chi connectivity index (χ2v) is 9.51. The lowest BCUT2D eigenvalue weighted by atomic mass is 9.93. The molecular formula is C26H26N2O6S. The number of aliphatic hydroxyl groups excluding tert-OH is 1. The zero-order valence-corrected chi connectivity index (χ0v) is 20.9. The second-order valence-electron chi connectivity index (χ2n) is 8.53. The first-order chi connectivity index (χ1) is 16.6. The molecule has 8 nitrogen and oxygen atoms in total. The van der Waals surface area contributed by atoms with Crippen molar-refractivity contribution in [2.45, 2.75) is 46.6 Å². The van der Waals surface area contributed by atoms with E-state index in [9.17, 15) is 19.5 Å². The van der Waals surface area contributed by atoms with E-state index >= 15 is 0 Å². The molecule has 0 bridgehead atoms. The molecule has 1 aromatic carbocycles. The van der Waals surface area contributed by atoms with Crippen molar-refractivity contribution in [3.05, 3.63) is 80.9 Å². The Hall–Kier alpha value is -3.72. The average molecular weight is 495 g/mol. The summed E-state index contributed by atoms with van der Waals surface area (Å²) in [5.41, 5.74) is 1.99. The first kappa shape index (κ1) is 24.4. The van der Waals surface area contributed by atoms with Crippen molar-refractivity contribution in [3.63, 3.8) is 0 Å². The Labute approximate surface area is 206 Å². The number of aryl methyl sites for hydroxylation is 2. The zero-order valence-electron chi connectivity index (χ0n) is 20.1. The summed E-state index contributed by atoms with van der Waals surface area (Å²) in [6.07, 6.45) is 0. The van der Waals surface area contributed by atoms with Crippen LogP contribution in [0.5, 0.6) is 0 Å². The standard InChI is InChI=1S/C26H26N2O6S/c1-6-33-25(32)23-15(5)27-26(35-23)28-20(17-10-8-16(9-11-17)13(2)3)19(22(30)24(28)31)21(29)18-12-7-14(4)34-18/h7-13,20,30H,6H2,1-5H3/t20-/m1/s1. The van der Waals surface area contributed by atoms with Crippen LogP contribution >= 0.6 is 11.3 Å². The number of esters is 1. The highest BCUT2D eigenvalue weighted by molar-refractivity contribution is 7.17. The quantitative estimate of drug-likeness (QED) is 0.344. The number of benzene rings is 1. The molecule has 0 fully saturated rings. The summed E-state index contributed by atoms with van der Waals surface area (Å²) in [5, 5.41) is 11.1. The predicted molar refractivity (Wildman–Crippen MR) is 131 cm³/mol. The Morgan fingerprint density at radius 1 is 1.17 bits per heavy atom. The van der Waals surface area contributed by atoms with E-state index in [4.69, 9.17) is 9.15 Å². The SMILES string of the molecule is CCOC(=O)c1sc(N2C(=O)C(O)=C(C(=O)c3ccc(C)o3)[C@H]2c2ccc(C(C)C)cc2)nc1C.